The highest BCUT2D eigenvalue weighted by Crippen LogP contribution is 2.40. The number of carbonyl (C=O) groups excluding carboxylic acids is 4. The van der Waals surface area contributed by atoms with Crippen molar-refractivity contribution in [1.29, 1.82) is 0 Å². The van der Waals surface area contributed by atoms with Crippen molar-refractivity contribution >= 4 is 63.6 Å². The smallest absolute Gasteiger partial charge is 0.246 e. The molecular formula is C49H60ClN9O8S2. The number of ether oxygens (including phenoxy) is 3. The Morgan fingerprint density at radius 2 is 1.57 bits per heavy atom. The van der Waals surface area contributed by atoms with Gasteiger partial charge in [-0.05, 0) is 61.9 Å². The first-order valence-electron chi connectivity index (χ1n) is 22.9. The van der Waals surface area contributed by atoms with Crippen LogP contribution in [0.5, 0.6) is 0 Å². The second-order valence-corrected chi connectivity index (χ2v) is 20.7. The fourth-order valence-electron chi connectivity index (χ4n) is 8.23. The summed E-state index contributed by atoms with van der Waals surface area (Å²) >= 11 is 9.45. The predicted molar refractivity (Wildman–Crippen MR) is 265 cm³/mol. The molecule has 1 unspecified atom stereocenters. The second-order valence-electron chi connectivity index (χ2n) is 18.2. The minimum Gasteiger partial charge on any atom is -0.391 e. The fraction of sp³-hybridized carbons (Fsp3) is 0.469. The van der Waals surface area contributed by atoms with E-state index in [1.165, 1.54) is 4.90 Å². The molecule has 1 saturated heterocycles. The molecule has 1 fully saturated rings. The summed E-state index contributed by atoms with van der Waals surface area (Å²) < 4.78 is 18.8. The Bertz CT molecular complexity index is 2640. The average molecular weight is 1000 g/mol. The zero-order valence-electron chi connectivity index (χ0n) is 40.0. The maximum atomic E-state index is 14.0. The molecule has 4 N–H and O–H groups in total. The van der Waals surface area contributed by atoms with E-state index in [-0.39, 0.29) is 83.9 Å². The third-order valence-corrected chi connectivity index (χ3v) is 14.4. The van der Waals surface area contributed by atoms with E-state index in [0.29, 0.717) is 16.7 Å². The topological polar surface area (TPSA) is 211 Å². The summed E-state index contributed by atoms with van der Waals surface area (Å²) in [4.78, 5) is 66.8. The van der Waals surface area contributed by atoms with Gasteiger partial charge in [0.05, 0.1) is 67.4 Å². The van der Waals surface area contributed by atoms with Gasteiger partial charge in [-0.1, -0.05) is 68.8 Å². The summed E-state index contributed by atoms with van der Waals surface area (Å²) in [6.07, 6.45) is -0.737. The van der Waals surface area contributed by atoms with E-state index in [4.69, 9.17) is 30.8 Å². The number of aliphatic imine (C=N–C) groups is 1. The molecule has 69 heavy (non-hydrogen) atoms. The molecule has 5 heterocycles. The van der Waals surface area contributed by atoms with Crippen LogP contribution in [-0.2, 0) is 39.9 Å². The molecule has 2 aliphatic heterocycles. The number of thiophene rings is 1. The first-order chi connectivity index (χ1) is 33.0. The van der Waals surface area contributed by atoms with Gasteiger partial charge >= 0.3 is 0 Å². The number of aliphatic hydroxyl groups excluding tert-OH is 1. The highest BCUT2D eigenvalue weighted by atomic mass is 35.5. The van der Waals surface area contributed by atoms with Crippen LogP contribution in [-0.4, -0.2) is 130 Å². The number of aryl methyl sites for hydroxylation is 3. The quantitative estimate of drug-likeness (QED) is 0.0706. The van der Waals surface area contributed by atoms with E-state index >= 15 is 0 Å². The fourth-order valence-corrected chi connectivity index (χ4v) is 10.4. The largest absolute Gasteiger partial charge is 0.391 e. The highest BCUT2D eigenvalue weighted by Gasteiger charge is 2.44. The predicted octanol–water partition coefficient (Wildman–Crippen LogP) is 5.60. The minimum absolute atomic E-state index is 0.0281. The minimum atomic E-state index is -0.984. The summed E-state index contributed by atoms with van der Waals surface area (Å²) in [5.74, 6) is -0.231. The van der Waals surface area contributed by atoms with E-state index < -0.39 is 41.5 Å². The van der Waals surface area contributed by atoms with Gasteiger partial charge in [-0.2, -0.15) is 0 Å². The van der Waals surface area contributed by atoms with Crippen LogP contribution < -0.4 is 16.0 Å². The number of halogens is 1. The monoisotopic (exact) mass is 1000 g/mol. The Morgan fingerprint density at radius 1 is 0.884 bits per heavy atom. The normalized spacial score (nSPS) is 17.1. The van der Waals surface area contributed by atoms with Crippen LogP contribution in [0, 0.1) is 33.1 Å². The van der Waals surface area contributed by atoms with Crippen molar-refractivity contribution in [2.24, 2.45) is 10.4 Å². The average Bonchev–Trinajstić information content (AvgIpc) is 4.08. The van der Waals surface area contributed by atoms with Crippen molar-refractivity contribution in [3.8, 4) is 15.4 Å². The Morgan fingerprint density at radius 3 is 2.25 bits per heavy atom. The second kappa shape index (κ2) is 23.0. The van der Waals surface area contributed by atoms with Gasteiger partial charge in [0.15, 0.2) is 5.82 Å². The van der Waals surface area contributed by atoms with Gasteiger partial charge in [-0.15, -0.1) is 32.9 Å². The summed E-state index contributed by atoms with van der Waals surface area (Å²) in [6.45, 7) is 14.8. The van der Waals surface area contributed by atoms with Crippen molar-refractivity contribution in [3.63, 3.8) is 0 Å². The number of aromatic nitrogens is 4. The molecule has 4 atom stereocenters. The van der Waals surface area contributed by atoms with Gasteiger partial charge in [-0.3, -0.25) is 28.7 Å². The van der Waals surface area contributed by atoms with Crippen molar-refractivity contribution in [2.45, 2.75) is 92.1 Å². The number of rotatable bonds is 20. The molecule has 20 heteroatoms. The number of hydrogen-bond donors (Lipinski definition) is 4. The highest BCUT2D eigenvalue weighted by molar-refractivity contribution is 7.15. The number of carbonyl (C=O) groups is 4. The van der Waals surface area contributed by atoms with Gasteiger partial charge in [0, 0.05) is 47.1 Å². The molecular weight excluding hydrogens is 942 g/mol. The number of nitrogens with one attached hydrogen (secondary N) is 3. The van der Waals surface area contributed by atoms with Gasteiger partial charge < -0.3 is 40.2 Å². The molecule has 17 nitrogen and oxygen atoms in total. The first kappa shape index (κ1) is 51.4. The summed E-state index contributed by atoms with van der Waals surface area (Å²) in [5.41, 5.74) is 7.76. The lowest BCUT2D eigenvalue weighted by Gasteiger charge is -2.35. The number of thiazole rings is 1. The first-order valence-corrected chi connectivity index (χ1v) is 25.0. The van der Waals surface area contributed by atoms with E-state index in [1.807, 2.05) is 93.2 Å². The number of hydrogen-bond acceptors (Lipinski definition) is 14. The van der Waals surface area contributed by atoms with E-state index in [9.17, 15) is 24.3 Å². The number of nitrogens with zero attached hydrogens (tertiary/aromatic N) is 6. The van der Waals surface area contributed by atoms with E-state index in [0.717, 1.165) is 54.0 Å². The third kappa shape index (κ3) is 12.7. The molecule has 4 amide bonds. The number of aliphatic hydroxyl groups is 1. The number of benzene rings is 2. The molecule has 2 aromatic carbocycles. The SMILES string of the molecule is Cc1ncsc1-c1ccc(CNC(=O)[C@@H]2C[C@@H](O)CN2C(=O)C(NC(=O)COCCOCCOCCNC(=O)C[C@@H]2N=C(c3ccc(Cl)cc3)c3c(sc(C)c3C)-n3c(C)nnc32)C(C)(C)C)cc1. The molecule has 0 bridgehead atoms. The van der Waals surface area contributed by atoms with Crippen molar-refractivity contribution in [1.82, 2.24) is 40.6 Å². The Labute approximate surface area is 415 Å². The lowest BCUT2D eigenvalue weighted by molar-refractivity contribution is -0.144. The maximum Gasteiger partial charge on any atom is 0.246 e. The summed E-state index contributed by atoms with van der Waals surface area (Å²) in [5, 5.41) is 29.6. The molecule has 2 aliphatic rings. The Hall–Kier alpha value is -5.41. The third-order valence-electron chi connectivity index (χ3n) is 12.0. The molecule has 0 saturated carbocycles. The van der Waals surface area contributed by atoms with Crippen LogP contribution in [0.2, 0.25) is 5.02 Å². The molecule has 368 valence electrons. The summed E-state index contributed by atoms with van der Waals surface area (Å²) in [7, 11) is 0. The van der Waals surface area contributed by atoms with Crippen LogP contribution in [0.25, 0.3) is 15.4 Å². The lowest BCUT2D eigenvalue weighted by Crippen LogP contribution is -2.58. The Kier molecular flexibility index (Phi) is 17.2. The van der Waals surface area contributed by atoms with Crippen LogP contribution >= 0.6 is 34.3 Å². The van der Waals surface area contributed by atoms with Crippen molar-refractivity contribution in [3.05, 3.63) is 104 Å². The van der Waals surface area contributed by atoms with E-state index in [1.54, 1.807) is 22.7 Å². The molecule has 7 rings (SSSR count). The van der Waals surface area contributed by atoms with Gasteiger partial charge in [-0.25, -0.2) is 4.98 Å². The number of likely N-dealkylation sites (tertiary alicyclic amines) is 1. The van der Waals surface area contributed by atoms with Crippen LogP contribution in [0.3, 0.4) is 0 Å². The Balaban J connectivity index is 0.797. The zero-order chi connectivity index (χ0) is 49.4. The van der Waals surface area contributed by atoms with Crippen molar-refractivity contribution < 1.29 is 38.5 Å². The van der Waals surface area contributed by atoms with Gasteiger partial charge in [0.1, 0.15) is 35.6 Å². The molecule has 3 aromatic heterocycles. The molecule has 5 aromatic rings. The summed E-state index contributed by atoms with van der Waals surface area (Å²) in [6, 6.07) is 12.9. The van der Waals surface area contributed by atoms with Gasteiger partial charge in [0.25, 0.3) is 0 Å². The zero-order valence-corrected chi connectivity index (χ0v) is 42.4. The van der Waals surface area contributed by atoms with Crippen LogP contribution in [0.4, 0.5) is 0 Å². The van der Waals surface area contributed by atoms with Gasteiger partial charge in [0.2, 0.25) is 23.6 Å². The molecule has 0 radical (unpaired) electrons. The maximum absolute atomic E-state index is 14.0. The lowest BCUT2D eigenvalue weighted by atomic mass is 9.85. The number of fused-ring (bicyclic) bond motifs is 3. The number of amides is 4. The van der Waals surface area contributed by atoms with Crippen LogP contribution in [0.1, 0.15) is 84.1 Å². The molecule has 0 spiro atoms. The van der Waals surface area contributed by atoms with Crippen LogP contribution in [0.15, 0.2) is 59.0 Å². The van der Waals surface area contributed by atoms with E-state index in [2.05, 4.69) is 45.0 Å². The number of β-amino-alcohol motifs (C(OH)–C–C–N with tert-alkyl or cyclic N) is 1. The van der Waals surface area contributed by atoms with Crippen molar-refractivity contribution in [2.75, 3.05) is 52.7 Å². The molecule has 0 aliphatic carbocycles. The standard InChI is InChI=1S/C49H60ClN9O8S2/c1-28-30(3)69-48-41(28)42(33-12-14-35(50)15-13-33)54-37(45-57-56-31(4)59(45)48)23-39(61)51-16-17-65-18-19-66-20-21-67-26-40(62)55-44(49(5,6)7)47(64)58-25-36(60)22-38(58)46(63)52-24-32-8-10-34(11-9-32)43-29(2)53-27-68-43/h8-15,27,36-38,44,60H,16-26H2,1-7H3,(H,51,61)(H,52,63)(H,55,62)/t36-,37+,38+,44?/m1/s1.